The summed E-state index contributed by atoms with van der Waals surface area (Å²) in [7, 11) is 4.44. The van der Waals surface area contributed by atoms with Crippen molar-refractivity contribution in [3.05, 3.63) is 22.4 Å². The van der Waals surface area contributed by atoms with Gasteiger partial charge in [-0.3, -0.25) is 0 Å². The molecule has 0 saturated heterocycles. The van der Waals surface area contributed by atoms with Gasteiger partial charge in [0.2, 0.25) is 0 Å². The van der Waals surface area contributed by atoms with Gasteiger partial charge < -0.3 is 4.90 Å². The lowest BCUT2D eigenvalue weighted by Gasteiger charge is -2.34. The number of hydrogen-bond donors (Lipinski definition) is 0. The maximum absolute atomic E-state index is 2.40. The molecule has 1 aromatic heterocycles. The van der Waals surface area contributed by atoms with Gasteiger partial charge in [-0.2, -0.15) is 0 Å². The van der Waals surface area contributed by atoms with Crippen molar-refractivity contribution in [3.8, 4) is 0 Å². The molecule has 0 radical (unpaired) electrons. The van der Waals surface area contributed by atoms with Gasteiger partial charge in [-0.05, 0) is 44.3 Å². The third kappa shape index (κ3) is 2.61. The van der Waals surface area contributed by atoms with Crippen LogP contribution in [0.25, 0.3) is 0 Å². The summed E-state index contributed by atoms with van der Waals surface area (Å²) >= 11 is 1.91. The van der Waals surface area contributed by atoms with Gasteiger partial charge in [0, 0.05) is 10.9 Å². The van der Waals surface area contributed by atoms with E-state index in [1.54, 1.807) is 4.88 Å². The van der Waals surface area contributed by atoms with Gasteiger partial charge in [0.1, 0.15) is 0 Å². The van der Waals surface area contributed by atoms with Crippen molar-refractivity contribution in [1.29, 1.82) is 0 Å². The smallest absolute Gasteiger partial charge is 0.0463 e. The minimum atomic E-state index is 0.658. The molecular weight excluding hydrogens is 202 g/mol. The fourth-order valence-corrected chi connectivity index (χ4v) is 3.83. The molecule has 2 rings (SSSR count). The fourth-order valence-electron chi connectivity index (χ4n) is 2.82. The van der Waals surface area contributed by atoms with Crippen LogP contribution in [0, 0.1) is 5.92 Å². The molecule has 0 aromatic carbocycles. The van der Waals surface area contributed by atoms with Gasteiger partial charge in [-0.1, -0.05) is 25.3 Å². The quantitative estimate of drug-likeness (QED) is 0.750. The SMILES string of the molecule is CN(C)C(c1cccs1)C1CCCCC1. The van der Waals surface area contributed by atoms with Crippen LogP contribution in [-0.4, -0.2) is 19.0 Å². The topological polar surface area (TPSA) is 3.24 Å². The lowest BCUT2D eigenvalue weighted by atomic mass is 9.83. The highest BCUT2D eigenvalue weighted by Crippen LogP contribution is 2.38. The van der Waals surface area contributed by atoms with Crippen LogP contribution < -0.4 is 0 Å². The predicted molar refractivity (Wildman–Crippen MR) is 67.3 cm³/mol. The van der Waals surface area contributed by atoms with Gasteiger partial charge in [0.25, 0.3) is 0 Å². The summed E-state index contributed by atoms with van der Waals surface area (Å²) in [5.41, 5.74) is 0. The number of hydrogen-bond acceptors (Lipinski definition) is 2. The average molecular weight is 223 g/mol. The van der Waals surface area contributed by atoms with Crippen molar-refractivity contribution in [2.24, 2.45) is 5.92 Å². The highest BCUT2D eigenvalue weighted by atomic mass is 32.1. The Labute approximate surface area is 97.1 Å². The van der Waals surface area contributed by atoms with E-state index in [0.717, 1.165) is 5.92 Å². The van der Waals surface area contributed by atoms with Crippen molar-refractivity contribution in [2.45, 2.75) is 38.1 Å². The van der Waals surface area contributed by atoms with Gasteiger partial charge in [0.15, 0.2) is 0 Å². The summed E-state index contributed by atoms with van der Waals surface area (Å²) in [6, 6.07) is 5.13. The predicted octanol–water partition coefficient (Wildman–Crippen LogP) is 3.93. The van der Waals surface area contributed by atoms with E-state index in [-0.39, 0.29) is 0 Å². The van der Waals surface area contributed by atoms with E-state index in [9.17, 15) is 0 Å². The van der Waals surface area contributed by atoms with E-state index in [4.69, 9.17) is 0 Å². The minimum Gasteiger partial charge on any atom is -0.301 e. The maximum Gasteiger partial charge on any atom is 0.0463 e. The minimum absolute atomic E-state index is 0.658. The van der Waals surface area contributed by atoms with Crippen LogP contribution in [0.2, 0.25) is 0 Å². The normalized spacial score (nSPS) is 20.7. The molecule has 0 spiro atoms. The Morgan fingerprint density at radius 3 is 2.53 bits per heavy atom. The van der Waals surface area contributed by atoms with E-state index >= 15 is 0 Å². The van der Waals surface area contributed by atoms with Crippen molar-refractivity contribution < 1.29 is 0 Å². The molecular formula is C13H21NS. The molecule has 84 valence electrons. The zero-order chi connectivity index (χ0) is 10.7. The van der Waals surface area contributed by atoms with E-state index < -0.39 is 0 Å². The van der Waals surface area contributed by atoms with E-state index in [1.165, 1.54) is 32.1 Å². The largest absolute Gasteiger partial charge is 0.301 e. The first kappa shape index (κ1) is 11.2. The van der Waals surface area contributed by atoms with E-state index in [0.29, 0.717) is 6.04 Å². The molecule has 0 N–H and O–H groups in total. The second kappa shape index (κ2) is 5.13. The molecule has 15 heavy (non-hydrogen) atoms. The third-order valence-corrected chi connectivity index (χ3v) is 4.43. The lowest BCUT2D eigenvalue weighted by molar-refractivity contribution is 0.174. The second-order valence-corrected chi connectivity index (χ2v) is 5.80. The molecule has 1 nitrogen and oxygen atoms in total. The summed E-state index contributed by atoms with van der Waals surface area (Å²) in [6.45, 7) is 0. The van der Waals surface area contributed by atoms with Crippen LogP contribution in [0.3, 0.4) is 0 Å². The Balaban J connectivity index is 2.12. The molecule has 0 bridgehead atoms. The first-order chi connectivity index (χ1) is 7.29. The van der Waals surface area contributed by atoms with Crippen molar-refractivity contribution in [1.82, 2.24) is 4.90 Å². The molecule has 1 heterocycles. The first-order valence-electron chi connectivity index (χ1n) is 5.99. The third-order valence-electron chi connectivity index (χ3n) is 3.49. The zero-order valence-electron chi connectivity index (χ0n) is 9.78. The molecule has 1 unspecified atom stereocenters. The molecule has 1 saturated carbocycles. The number of thiophene rings is 1. The summed E-state index contributed by atoms with van der Waals surface area (Å²) in [6.07, 6.45) is 7.14. The summed E-state index contributed by atoms with van der Waals surface area (Å²) in [4.78, 5) is 3.95. The highest BCUT2D eigenvalue weighted by molar-refractivity contribution is 7.10. The Morgan fingerprint density at radius 1 is 1.27 bits per heavy atom. The van der Waals surface area contributed by atoms with Crippen LogP contribution in [0.1, 0.15) is 43.0 Å². The van der Waals surface area contributed by atoms with Gasteiger partial charge in [0.05, 0.1) is 0 Å². The molecule has 0 amide bonds. The Hall–Kier alpha value is -0.340. The van der Waals surface area contributed by atoms with E-state index in [1.807, 2.05) is 11.3 Å². The standard InChI is InChI=1S/C13H21NS/c1-14(2)13(12-9-6-10-15-12)11-7-4-3-5-8-11/h6,9-11,13H,3-5,7-8H2,1-2H3. The monoisotopic (exact) mass is 223 g/mol. The van der Waals surface area contributed by atoms with Gasteiger partial charge in [-0.25, -0.2) is 0 Å². The maximum atomic E-state index is 2.40. The van der Waals surface area contributed by atoms with Crippen LogP contribution in [0.5, 0.6) is 0 Å². The van der Waals surface area contributed by atoms with Crippen LogP contribution in [0.15, 0.2) is 17.5 Å². The molecule has 0 aliphatic heterocycles. The Bertz CT molecular complexity index is 273. The Kier molecular flexibility index (Phi) is 3.81. The highest BCUT2D eigenvalue weighted by Gasteiger charge is 2.27. The molecule has 1 aromatic rings. The number of nitrogens with zero attached hydrogens (tertiary/aromatic N) is 1. The summed E-state index contributed by atoms with van der Waals surface area (Å²) in [5.74, 6) is 0.882. The fraction of sp³-hybridized carbons (Fsp3) is 0.692. The number of rotatable bonds is 3. The Morgan fingerprint density at radius 2 is 2.00 bits per heavy atom. The van der Waals surface area contributed by atoms with Gasteiger partial charge in [-0.15, -0.1) is 11.3 Å². The summed E-state index contributed by atoms with van der Waals surface area (Å²) in [5, 5.41) is 2.20. The van der Waals surface area contributed by atoms with Gasteiger partial charge >= 0.3 is 0 Å². The van der Waals surface area contributed by atoms with E-state index in [2.05, 4.69) is 36.5 Å². The molecule has 1 aliphatic carbocycles. The first-order valence-corrected chi connectivity index (χ1v) is 6.87. The van der Waals surface area contributed by atoms with Crippen LogP contribution >= 0.6 is 11.3 Å². The zero-order valence-corrected chi connectivity index (χ0v) is 10.6. The molecule has 1 aliphatic rings. The van der Waals surface area contributed by atoms with Crippen molar-refractivity contribution in [3.63, 3.8) is 0 Å². The molecule has 1 atom stereocenters. The summed E-state index contributed by atoms with van der Waals surface area (Å²) < 4.78 is 0. The lowest BCUT2D eigenvalue weighted by Crippen LogP contribution is -2.28. The van der Waals surface area contributed by atoms with Crippen molar-refractivity contribution in [2.75, 3.05) is 14.1 Å². The van der Waals surface area contributed by atoms with Crippen molar-refractivity contribution >= 4 is 11.3 Å². The van der Waals surface area contributed by atoms with Crippen LogP contribution in [-0.2, 0) is 0 Å². The molecule has 1 fully saturated rings. The second-order valence-electron chi connectivity index (χ2n) is 4.82. The molecule has 2 heteroatoms. The average Bonchev–Trinajstić information content (AvgIpc) is 2.72. The van der Waals surface area contributed by atoms with Crippen LogP contribution in [0.4, 0.5) is 0 Å².